The van der Waals surface area contributed by atoms with Crippen molar-refractivity contribution in [3.8, 4) is 56.8 Å². The van der Waals surface area contributed by atoms with E-state index in [9.17, 15) is 0 Å². The molecule has 10 rings (SSSR count). The standard InChI is InChI=1S/C28H31NO2S.C20H23NO2.C12H14BrN.C8H11BO4.CH4/c1-28(2)18-22(19-32-16-15-20-9-6-5-7-10-20)24-17-21(13-14-25(24)29-28)23-11-8-12-26(30-3)27(23)31-4;1-13-12-20(2,3)21-17-10-9-14(11-16(13)17)15-7-6-8-18(22-4)19(15)23-5;1-8-7-12(2,3)14-11-5-4-9(13)6-10(8)11;1-12-7-5-3-4-6(9(10)11)8(7)13-2;/h5-14,17-18,29H,15-16,19H2,1-4H3;6-12,21H,1-5H3;4-7,14H,1-3H3;3-5,10-11H,1-2H3;1H4. The van der Waals surface area contributed by atoms with Crippen LogP contribution in [0.25, 0.3) is 39.0 Å². The number of methoxy groups -OCH3 is 6. The fraction of sp³-hybridized carbons (Fsp3) is 0.304. The molecule has 3 heterocycles. The molecular weight excluding hydrogens is 1120 g/mol. The fourth-order valence-electron chi connectivity index (χ4n) is 10.6. The summed E-state index contributed by atoms with van der Waals surface area (Å²) in [5.41, 5.74) is 17.3. The second-order valence-electron chi connectivity index (χ2n) is 21.9. The summed E-state index contributed by atoms with van der Waals surface area (Å²) in [6.07, 6.45) is 8.00. The largest absolute Gasteiger partial charge is 0.493 e. The predicted octanol–water partition coefficient (Wildman–Crippen LogP) is 16.0. The average molecular weight is 1210 g/mol. The number of ether oxygens (including phenoxy) is 6. The number of hydrogen-bond donors (Lipinski definition) is 5. The highest BCUT2D eigenvalue weighted by molar-refractivity contribution is 9.10. The number of aryl methyl sites for hydroxylation is 1. The summed E-state index contributed by atoms with van der Waals surface area (Å²) in [5.74, 6) is 5.94. The van der Waals surface area contributed by atoms with Crippen LogP contribution in [-0.4, -0.2) is 87.9 Å². The van der Waals surface area contributed by atoms with Crippen molar-refractivity contribution in [2.24, 2.45) is 0 Å². The van der Waals surface area contributed by atoms with Crippen LogP contribution in [0.5, 0.6) is 34.5 Å². The lowest BCUT2D eigenvalue weighted by molar-refractivity contribution is 0.354. The van der Waals surface area contributed by atoms with Gasteiger partial charge >= 0.3 is 7.12 Å². The molecule has 3 aliphatic rings. The number of nitrogens with one attached hydrogen (secondary N) is 3. The third-order valence-electron chi connectivity index (χ3n) is 14.1. The van der Waals surface area contributed by atoms with Crippen molar-refractivity contribution < 1.29 is 38.5 Å². The highest BCUT2D eigenvalue weighted by atomic mass is 79.9. The van der Waals surface area contributed by atoms with Gasteiger partial charge in [-0.2, -0.15) is 11.8 Å². The topological polar surface area (TPSA) is 132 Å². The molecule has 5 N–H and O–H groups in total. The van der Waals surface area contributed by atoms with Crippen LogP contribution in [0.3, 0.4) is 0 Å². The van der Waals surface area contributed by atoms with Crippen LogP contribution >= 0.6 is 27.7 Å². The van der Waals surface area contributed by atoms with E-state index in [2.05, 4.69) is 203 Å². The van der Waals surface area contributed by atoms with E-state index >= 15 is 0 Å². The van der Waals surface area contributed by atoms with Gasteiger partial charge in [0.1, 0.15) is 0 Å². The number of allylic oxidation sites excluding steroid dienone is 2. The van der Waals surface area contributed by atoms with Gasteiger partial charge in [-0.3, -0.25) is 0 Å². The van der Waals surface area contributed by atoms with Crippen molar-refractivity contribution in [1.29, 1.82) is 0 Å². The number of halogens is 1. The van der Waals surface area contributed by atoms with Gasteiger partial charge in [-0.25, -0.2) is 0 Å². The van der Waals surface area contributed by atoms with Crippen LogP contribution in [0.4, 0.5) is 17.1 Å². The Morgan fingerprint density at radius 3 is 1.39 bits per heavy atom. The maximum Gasteiger partial charge on any atom is 0.492 e. The number of hydrogen-bond acceptors (Lipinski definition) is 12. The molecule has 0 bridgehead atoms. The molecule has 0 aromatic heterocycles. The number of para-hydroxylation sites is 3. The minimum Gasteiger partial charge on any atom is -0.493 e. The Kier molecular flexibility index (Phi) is 22.6. The molecule has 0 fully saturated rings. The third kappa shape index (κ3) is 16.5. The Labute approximate surface area is 506 Å². The summed E-state index contributed by atoms with van der Waals surface area (Å²) in [4.78, 5) is 0. The molecule has 11 nitrogen and oxygen atoms in total. The molecule has 0 amide bonds. The molecule has 0 atom stereocenters. The van der Waals surface area contributed by atoms with Crippen molar-refractivity contribution in [2.45, 2.75) is 85.9 Å². The van der Waals surface area contributed by atoms with E-state index in [1.807, 2.05) is 36.0 Å². The molecule has 438 valence electrons. The second-order valence-corrected chi connectivity index (χ2v) is 23.9. The molecule has 0 saturated carbocycles. The Bertz CT molecular complexity index is 3430. The lowest BCUT2D eigenvalue weighted by atomic mass is 9.79. The summed E-state index contributed by atoms with van der Waals surface area (Å²) in [6, 6.07) is 47.0. The molecular formula is C69H83BBrN3O8S. The van der Waals surface area contributed by atoms with Crippen molar-refractivity contribution >= 4 is 74.1 Å². The quantitative estimate of drug-likeness (QED) is 0.0525. The third-order valence-corrected chi connectivity index (χ3v) is 15.6. The van der Waals surface area contributed by atoms with Crippen LogP contribution in [0.15, 0.2) is 162 Å². The van der Waals surface area contributed by atoms with E-state index in [1.165, 1.54) is 70.3 Å². The van der Waals surface area contributed by atoms with Crippen molar-refractivity contribution in [3.63, 3.8) is 0 Å². The predicted molar refractivity (Wildman–Crippen MR) is 356 cm³/mol. The summed E-state index contributed by atoms with van der Waals surface area (Å²) in [6.45, 7) is 17.5. The number of anilines is 3. The van der Waals surface area contributed by atoms with Gasteiger partial charge in [0, 0.05) is 60.6 Å². The molecule has 0 unspecified atom stereocenters. The first kappa shape index (κ1) is 64.9. The van der Waals surface area contributed by atoms with Crippen LogP contribution < -0.4 is 49.8 Å². The zero-order valence-electron chi connectivity index (χ0n) is 49.8. The number of thioether (sulfide) groups is 1. The lowest BCUT2D eigenvalue weighted by Gasteiger charge is -2.32. The van der Waals surface area contributed by atoms with E-state index in [0.717, 1.165) is 67.7 Å². The summed E-state index contributed by atoms with van der Waals surface area (Å²) >= 11 is 5.48. The van der Waals surface area contributed by atoms with E-state index in [1.54, 1.807) is 46.6 Å². The highest BCUT2D eigenvalue weighted by Gasteiger charge is 2.27. The first-order valence-corrected chi connectivity index (χ1v) is 29.2. The van der Waals surface area contributed by atoms with E-state index in [4.69, 9.17) is 38.5 Å². The molecule has 14 heteroatoms. The van der Waals surface area contributed by atoms with Crippen LogP contribution in [0.1, 0.15) is 85.1 Å². The Morgan fingerprint density at radius 2 is 0.904 bits per heavy atom. The summed E-state index contributed by atoms with van der Waals surface area (Å²) in [7, 11) is 8.09. The Morgan fingerprint density at radius 1 is 0.470 bits per heavy atom. The number of fused-ring (bicyclic) bond motifs is 3. The smallest absolute Gasteiger partial charge is 0.492 e. The van der Waals surface area contributed by atoms with Gasteiger partial charge in [-0.05, 0) is 162 Å². The zero-order chi connectivity index (χ0) is 59.4. The van der Waals surface area contributed by atoms with Crippen LogP contribution in [-0.2, 0) is 6.42 Å². The van der Waals surface area contributed by atoms with Crippen LogP contribution in [0.2, 0.25) is 0 Å². The number of rotatable bonds is 14. The van der Waals surface area contributed by atoms with Crippen molar-refractivity contribution in [1.82, 2.24) is 0 Å². The van der Waals surface area contributed by atoms with Crippen molar-refractivity contribution in [3.05, 3.63) is 184 Å². The van der Waals surface area contributed by atoms with Gasteiger partial charge in [0.2, 0.25) is 0 Å². The maximum atomic E-state index is 8.98. The molecule has 7 aromatic carbocycles. The monoisotopic (exact) mass is 1200 g/mol. The molecule has 0 radical (unpaired) electrons. The highest BCUT2D eigenvalue weighted by Crippen LogP contribution is 2.44. The normalized spacial score (nSPS) is 14.3. The summed E-state index contributed by atoms with van der Waals surface area (Å²) < 4.78 is 33.3. The van der Waals surface area contributed by atoms with E-state index in [0.29, 0.717) is 17.0 Å². The molecule has 0 aliphatic carbocycles. The molecule has 3 aliphatic heterocycles. The maximum absolute atomic E-state index is 8.98. The minimum atomic E-state index is -1.55. The van der Waals surface area contributed by atoms with Gasteiger partial charge in [-0.1, -0.05) is 120 Å². The lowest BCUT2D eigenvalue weighted by Crippen LogP contribution is -2.32. The van der Waals surface area contributed by atoms with Crippen molar-refractivity contribution in [2.75, 3.05) is 70.1 Å². The Hall–Kier alpha value is -7.23. The Balaban J connectivity index is 0.000000189. The van der Waals surface area contributed by atoms with E-state index < -0.39 is 7.12 Å². The van der Waals surface area contributed by atoms with Gasteiger partial charge in [-0.15, -0.1) is 0 Å². The van der Waals surface area contributed by atoms with Gasteiger partial charge in [0.15, 0.2) is 34.5 Å². The summed E-state index contributed by atoms with van der Waals surface area (Å²) in [5, 5.41) is 28.7. The second kappa shape index (κ2) is 28.8. The first-order valence-electron chi connectivity index (χ1n) is 27.3. The molecule has 83 heavy (non-hydrogen) atoms. The van der Waals surface area contributed by atoms with E-state index in [-0.39, 0.29) is 24.0 Å². The van der Waals surface area contributed by atoms with Gasteiger partial charge in [0.05, 0.1) is 59.3 Å². The average Bonchev–Trinajstić information content (AvgIpc) is 3.02. The zero-order valence-corrected chi connectivity index (χ0v) is 52.2. The number of benzene rings is 7. The SMILES string of the molecule is C.CC1=CC(C)(C)Nc2ccc(Br)cc21.COc1cccc(-c2ccc3c(c2)C(C)=CC(C)(C)N3)c1OC.COc1cccc(-c2ccc3c(c2)C(CSCCc2ccccc2)=CC(C)(C)N3)c1OC.COc1cccc(B(O)O)c1OC. The van der Waals surface area contributed by atoms with Gasteiger partial charge in [0.25, 0.3) is 0 Å². The van der Waals surface area contributed by atoms with Crippen LogP contribution in [0, 0.1) is 0 Å². The fourth-order valence-corrected chi connectivity index (χ4v) is 11.9. The molecule has 0 spiro atoms. The molecule has 0 saturated heterocycles. The first-order chi connectivity index (χ1) is 39.1. The molecule has 7 aromatic rings. The minimum absolute atomic E-state index is 0. The van der Waals surface area contributed by atoms with Gasteiger partial charge < -0.3 is 54.4 Å².